The number of carbonyl (C=O) groups is 1. The summed E-state index contributed by atoms with van der Waals surface area (Å²) in [7, 11) is 1.62. The van der Waals surface area contributed by atoms with Gasteiger partial charge in [0.05, 0.1) is 19.2 Å². The van der Waals surface area contributed by atoms with Crippen LogP contribution in [0.2, 0.25) is 0 Å². The minimum Gasteiger partial charge on any atom is -0.497 e. The molecule has 0 spiro atoms. The van der Waals surface area contributed by atoms with Crippen LogP contribution in [-0.4, -0.2) is 54.2 Å². The molecule has 3 aromatic rings. The van der Waals surface area contributed by atoms with Gasteiger partial charge in [-0.25, -0.2) is 0 Å². The van der Waals surface area contributed by atoms with E-state index >= 15 is 0 Å². The molecule has 7 heteroatoms. The monoisotopic (exact) mass is 451 g/mol. The van der Waals surface area contributed by atoms with E-state index in [1.807, 2.05) is 71.3 Å². The second-order valence-electron chi connectivity index (χ2n) is 7.74. The molecule has 0 bridgehead atoms. The molecule has 4 rings (SSSR count). The van der Waals surface area contributed by atoms with Crippen LogP contribution in [-0.2, 0) is 6.54 Å². The summed E-state index contributed by atoms with van der Waals surface area (Å²) in [4.78, 5) is 17.6. The zero-order valence-corrected chi connectivity index (χ0v) is 19.4. The van der Waals surface area contributed by atoms with Crippen molar-refractivity contribution in [2.24, 2.45) is 0 Å². The van der Waals surface area contributed by atoms with E-state index in [0.29, 0.717) is 18.7 Å². The number of ether oxygens (including phenoxy) is 1. The molecule has 1 fully saturated rings. The van der Waals surface area contributed by atoms with E-state index in [0.717, 1.165) is 59.5 Å². The normalized spacial score (nSPS) is 13.8. The number of nitrogens with zero attached hydrogens (tertiary/aromatic N) is 3. The maximum Gasteiger partial charge on any atom is 0.254 e. The molecule has 0 N–H and O–H groups in total. The zero-order chi connectivity index (χ0) is 22.3. The van der Waals surface area contributed by atoms with Crippen molar-refractivity contribution >= 4 is 23.6 Å². The smallest absolute Gasteiger partial charge is 0.254 e. The lowest BCUT2D eigenvalue weighted by Gasteiger charge is -2.28. The number of anilines is 1. The summed E-state index contributed by atoms with van der Waals surface area (Å²) in [5.41, 5.74) is 3.42. The van der Waals surface area contributed by atoms with Gasteiger partial charge < -0.3 is 19.1 Å². The molecular formula is C25H29N3O3S. The van der Waals surface area contributed by atoms with Gasteiger partial charge in [-0.3, -0.25) is 4.79 Å². The van der Waals surface area contributed by atoms with Crippen molar-refractivity contribution in [2.75, 3.05) is 43.1 Å². The number of hydrogen-bond donors (Lipinski definition) is 0. The standard InChI is InChI=1S/C25H29N3O3S/c1-3-13-28(24(29)20-9-11-21(30-2)12-10-20)18-22-23(19-7-5-4-6-8-19)26-31-25(22)27-14-16-32-17-15-27/h4-12H,3,13-18H2,1-2H3. The van der Waals surface area contributed by atoms with Crippen molar-refractivity contribution in [3.8, 4) is 17.0 Å². The van der Waals surface area contributed by atoms with Crippen molar-refractivity contribution < 1.29 is 14.1 Å². The fourth-order valence-electron chi connectivity index (χ4n) is 3.91. The van der Waals surface area contributed by atoms with Gasteiger partial charge in [0.25, 0.3) is 5.91 Å². The van der Waals surface area contributed by atoms with Crippen molar-refractivity contribution in [3.05, 3.63) is 65.7 Å². The van der Waals surface area contributed by atoms with Crippen LogP contribution in [0.15, 0.2) is 59.1 Å². The van der Waals surface area contributed by atoms with Crippen LogP contribution in [0.25, 0.3) is 11.3 Å². The van der Waals surface area contributed by atoms with E-state index in [1.54, 1.807) is 7.11 Å². The minimum atomic E-state index is -0.00476. The van der Waals surface area contributed by atoms with Crippen LogP contribution in [0.4, 0.5) is 5.88 Å². The lowest BCUT2D eigenvalue weighted by atomic mass is 10.1. The van der Waals surface area contributed by atoms with Gasteiger partial charge in [0, 0.05) is 42.3 Å². The number of aromatic nitrogens is 1. The molecule has 1 aliphatic heterocycles. The summed E-state index contributed by atoms with van der Waals surface area (Å²) in [5, 5.41) is 4.45. The molecule has 6 nitrogen and oxygen atoms in total. The Morgan fingerprint density at radius 3 is 2.50 bits per heavy atom. The molecule has 0 atom stereocenters. The summed E-state index contributed by atoms with van der Waals surface area (Å²) >= 11 is 1.95. The molecule has 32 heavy (non-hydrogen) atoms. The average Bonchev–Trinajstić information content (AvgIpc) is 3.28. The first-order chi connectivity index (χ1) is 15.7. The number of benzene rings is 2. The highest BCUT2D eigenvalue weighted by molar-refractivity contribution is 7.99. The number of hydrogen-bond acceptors (Lipinski definition) is 6. The minimum absolute atomic E-state index is 0.00476. The Kier molecular flexibility index (Phi) is 7.37. The van der Waals surface area contributed by atoms with Gasteiger partial charge in [-0.15, -0.1) is 0 Å². The third-order valence-corrected chi connectivity index (χ3v) is 6.52. The van der Waals surface area contributed by atoms with Gasteiger partial charge in [-0.1, -0.05) is 42.4 Å². The van der Waals surface area contributed by atoms with Gasteiger partial charge in [0.2, 0.25) is 5.88 Å². The summed E-state index contributed by atoms with van der Waals surface area (Å²) in [6.07, 6.45) is 0.865. The van der Waals surface area contributed by atoms with Crippen molar-refractivity contribution in [1.82, 2.24) is 10.1 Å². The lowest BCUT2D eigenvalue weighted by Crippen LogP contribution is -2.35. The van der Waals surface area contributed by atoms with Crippen LogP contribution >= 0.6 is 11.8 Å². The molecule has 1 amide bonds. The maximum absolute atomic E-state index is 13.4. The molecule has 1 saturated heterocycles. The maximum atomic E-state index is 13.4. The SMILES string of the molecule is CCCN(Cc1c(-c2ccccc2)noc1N1CCSCC1)C(=O)c1ccc(OC)cc1. The predicted octanol–water partition coefficient (Wildman–Crippen LogP) is 4.96. The Morgan fingerprint density at radius 1 is 1.12 bits per heavy atom. The first kappa shape index (κ1) is 22.3. The Bertz CT molecular complexity index is 1010. The molecular weight excluding hydrogens is 422 g/mol. The quantitative estimate of drug-likeness (QED) is 0.483. The van der Waals surface area contributed by atoms with E-state index in [2.05, 4.69) is 17.0 Å². The molecule has 168 valence electrons. The lowest BCUT2D eigenvalue weighted by molar-refractivity contribution is 0.0743. The largest absolute Gasteiger partial charge is 0.497 e. The zero-order valence-electron chi connectivity index (χ0n) is 18.6. The predicted molar refractivity (Wildman–Crippen MR) is 130 cm³/mol. The fourth-order valence-corrected chi connectivity index (χ4v) is 4.81. The van der Waals surface area contributed by atoms with Gasteiger partial charge >= 0.3 is 0 Å². The van der Waals surface area contributed by atoms with Crippen molar-refractivity contribution in [1.29, 1.82) is 0 Å². The number of carbonyl (C=O) groups excluding carboxylic acids is 1. The van der Waals surface area contributed by atoms with Crippen LogP contribution in [0.5, 0.6) is 5.75 Å². The van der Waals surface area contributed by atoms with Crippen LogP contribution in [0.3, 0.4) is 0 Å². The number of methoxy groups -OCH3 is 1. The van der Waals surface area contributed by atoms with Crippen molar-refractivity contribution in [2.45, 2.75) is 19.9 Å². The fraction of sp³-hybridized carbons (Fsp3) is 0.360. The topological polar surface area (TPSA) is 58.8 Å². The highest BCUT2D eigenvalue weighted by Crippen LogP contribution is 2.34. The van der Waals surface area contributed by atoms with Gasteiger partial charge in [-0.05, 0) is 30.7 Å². The van der Waals surface area contributed by atoms with Crippen molar-refractivity contribution in [3.63, 3.8) is 0 Å². The van der Waals surface area contributed by atoms with Gasteiger partial charge in [0.1, 0.15) is 11.4 Å². The molecule has 2 aromatic carbocycles. The number of rotatable bonds is 8. The van der Waals surface area contributed by atoms with E-state index in [4.69, 9.17) is 9.26 Å². The van der Waals surface area contributed by atoms with E-state index in [-0.39, 0.29) is 5.91 Å². The summed E-state index contributed by atoms with van der Waals surface area (Å²) in [5.74, 6) is 3.64. The Labute approximate surface area is 193 Å². The summed E-state index contributed by atoms with van der Waals surface area (Å²) < 4.78 is 11.1. The molecule has 1 aliphatic rings. The van der Waals surface area contributed by atoms with Gasteiger partial charge in [-0.2, -0.15) is 11.8 Å². The van der Waals surface area contributed by atoms with Crippen LogP contribution in [0, 0.1) is 0 Å². The van der Waals surface area contributed by atoms with E-state index < -0.39 is 0 Å². The first-order valence-corrected chi connectivity index (χ1v) is 12.2. The van der Waals surface area contributed by atoms with Gasteiger partial charge in [0.15, 0.2) is 0 Å². The Morgan fingerprint density at radius 2 is 1.84 bits per heavy atom. The highest BCUT2D eigenvalue weighted by atomic mass is 32.2. The first-order valence-electron chi connectivity index (χ1n) is 11.0. The number of amides is 1. The highest BCUT2D eigenvalue weighted by Gasteiger charge is 2.27. The molecule has 0 saturated carbocycles. The molecule has 0 aliphatic carbocycles. The third-order valence-electron chi connectivity index (χ3n) is 5.58. The van der Waals surface area contributed by atoms with E-state index in [9.17, 15) is 4.79 Å². The Balaban J connectivity index is 1.68. The Hall–Kier alpha value is -2.93. The summed E-state index contributed by atoms with van der Waals surface area (Å²) in [6, 6.07) is 17.3. The number of thioether (sulfide) groups is 1. The molecule has 0 radical (unpaired) electrons. The average molecular weight is 452 g/mol. The van der Waals surface area contributed by atoms with Crippen LogP contribution < -0.4 is 9.64 Å². The van der Waals surface area contributed by atoms with Crippen LogP contribution in [0.1, 0.15) is 29.3 Å². The molecule has 1 aromatic heterocycles. The molecule has 0 unspecified atom stereocenters. The third kappa shape index (κ3) is 4.93. The molecule has 2 heterocycles. The second-order valence-corrected chi connectivity index (χ2v) is 8.96. The second kappa shape index (κ2) is 10.6. The summed E-state index contributed by atoms with van der Waals surface area (Å²) in [6.45, 7) is 5.02. The van der Waals surface area contributed by atoms with E-state index in [1.165, 1.54) is 0 Å².